The van der Waals surface area contributed by atoms with E-state index in [1.165, 1.54) is 10.9 Å². The van der Waals surface area contributed by atoms with Gasteiger partial charge < -0.3 is 19.5 Å². The van der Waals surface area contributed by atoms with E-state index in [2.05, 4.69) is 17.1 Å². The van der Waals surface area contributed by atoms with Gasteiger partial charge in [0.1, 0.15) is 12.3 Å². The van der Waals surface area contributed by atoms with Crippen molar-refractivity contribution >= 4 is 22.7 Å². The number of aromatic nitrogens is 1. The Morgan fingerprint density at radius 1 is 1.09 bits per heavy atom. The highest BCUT2D eigenvalue weighted by molar-refractivity contribution is 5.86. The summed E-state index contributed by atoms with van der Waals surface area (Å²) >= 11 is 0. The summed E-state index contributed by atoms with van der Waals surface area (Å²) in [5.41, 5.74) is 3.35. The molecular weight excluding hydrogens is 438 g/mol. The fourth-order valence-corrected chi connectivity index (χ4v) is 4.44. The van der Waals surface area contributed by atoms with Crippen molar-refractivity contribution in [2.75, 3.05) is 19.7 Å². The third-order valence-electron chi connectivity index (χ3n) is 6.90. The van der Waals surface area contributed by atoms with Crippen molar-refractivity contribution in [3.05, 3.63) is 65.9 Å². The minimum Gasteiger partial charge on any atom is -0.494 e. The maximum absolute atomic E-state index is 13.6. The minimum atomic E-state index is -0.0609. The molecule has 1 saturated carbocycles. The fraction of sp³-hybridized carbons (Fsp3) is 0.448. The lowest BCUT2D eigenvalue weighted by Crippen LogP contribution is -2.45. The van der Waals surface area contributed by atoms with Gasteiger partial charge in [-0.1, -0.05) is 44.2 Å². The van der Waals surface area contributed by atoms with Gasteiger partial charge >= 0.3 is 0 Å². The van der Waals surface area contributed by atoms with Gasteiger partial charge in [0.05, 0.1) is 6.61 Å². The molecule has 6 nitrogen and oxygen atoms in total. The van der Waals surface area contributed by atoms with E-state index in [0.717, 1.165) is 42.5 Å². The minimum absolute atomic E-state index is 0.00211. The third-order valence-corrected chi connectivity index (χ3v) is 6.90. The molecular formula is C29H37N3O3. The summed E-state index contributed by atoms with van der Waals surface area (Å²) in [4.78, 5) is 33.7. The summed E-state index contributed by atoms with van der Waals surface area (Å²) in [6.07, 6.45) is 5.54. The van der Waals surface area contributed by atoms with Crippen LogP contribution < -0.4 is 4.74 Å². The molecule has 0 aliphatic heterocycles. The molecule has 186 valence electrons. The van der Waals surface area contributed by atoms with Crippen LogP contribution in [0.25, 0.3) is 10.9 Å². The summed E-state index contributed by atoms with van der Waals surface area (Å²) in [5, 5.41) is 1.19. The molecule has 1 atom stereocenters. The molecule has 2 aromatic carbocycles. The number of carbonyl (C=O) groups is 2. The van der Waals surface area contributed by atoms with Gasteiger partial charge in [-0.2, -0.15) is 0 Å². The number of rotatable bonds is 12. The van der Waals surface area contributed by atoms with Crippen LogP contribution in [0.15, 0.2) is 54.7 Å². The summed E-state index contributed by atoms with van der Waals surface area (Å²) in [6, 6.07) is 16.4. The van der Waals surface area contributed by atoms with Crippen molar-refractivity contribution in [2.24, 2.45) is 5.92 Å². The lowest BCUT2D eigenvalue weighted by atomic mass is 10.1. The van der Waals surface area contributed by atoms with Crippen molar-refractivity contribution < 1.29 is 14.3 Å². The van der Waals surface area contributed by atoms with Crippen LogP contribution in [0.4, 0.5) is 0 Å². The quantitative estimate of drug-likeness (QED) is 0.393. The molecule has 0 radical (unpaired) electrons. The molecule has 0 bridgehead atoms. The molecule has 35 heavy (non-hydrogen) atoms. The lowest BCUT2D eigenvalue weighted by molar-refractivity contribution is -0.143. The highest BCUT2D eigenvalue weighted by Gasteiger charge is 2.36. The first-order chi connectivity index (χ1) is 17.0. The molecule has 1 N–H and O–H groups in total. The Morgan fingerprint density at radius 2 is 1.83 bits per heavy atom. The van der Waals surface area contributed by atoms with Crippen molar-refractivity contribution in [1.82, 2.24) is 14.8 Å². The van der Waals surface area contributed by atoms with E-state index >= 15 is 0 Å². The maximum atomic E-state index is 13.6. The van der Waals surface area contributed by atoms with E-state index in [-0.39, 0.29) is 30.3 Å². The summed E-state index contributed by atoms with van der Waals surface area (Å²) < 4.78 is 5.57. The molecule has 1 unspecified atom stereocenters. The van der Waals surface area contributed by atoms with Crippen LogP contribution in [0.2, 0.25) is 0 Å². The monoisotopic (exact) mass is 475 g/mol. The van der Waals surface area contributed by atoms with Gasteiger partial charge in [0.25, 0.3) is 0 Å². The lowest BCUT2D eigenvalue weighted by Gasteiger charge is -2.29. The number of para-hydroxylation sites is 1. The van der Waals surface area contributed by atoms with Gasteiger partial charge in [-0.3, -0.25) is 9.59 Å². The molecule has 1 aromatic heterocycles. The summed E-state index contributed by atoms with van der Waals surface area (Å²) in [7, 11) is 0. The normalized spacial score (nSPS) is 14.0. The van der Waals surface area contributed by atoms with Gasteiger partial charge in [0.15, 0.2) is 0 Å². The number of nitrogens with zero attached hydrogens (tertiary/aromatic N) is 2. The van der Waals surface area contributed by atoms with Gasteiger partial charge in [0, 0.05) is 42.1 Å². The number of H-pyrrole nitrogens is 1. The van der Waals surface area contributed by atoms with Crippen molar-refractivity contribution in [3.63, 3.8) is 0 Å². The average molecular weight is 476 g/mol. The van der Waals surface area contributed by atoms with Crippen molar-refractivity contribution in [2.45, 2.75) is 59.0 Å². The Bertz CT molecular complexity index is 1130. The largest absolute Gasteiger partial charge is 0.494 e. The van der Waals surface area contributed by atoms with Crippen LogP contribution in [-0.2, 0) is 22.6 Å². The Kier molecular flexibility index (Phi) is 8.11. The van der Waals surface area contributed by atoms with E-state index in [0.29, 0.717) is 19.7 Å². The van der Waals surface area contributed by atoms with Crippen molar-refractivity contribution in [1.29, 1.82) is 0 Å². The number of ether oxygens (including phenoxy) is 1. The van der Waals surface area contributed by atoms with Crippen LogP contribution in [-0.4, -0.2) is 52.3 Å². The molecule has 0 saturated heterocycles. The number of amides is 2. The van der Waals surface area contributed by atoms with E-state index in [4.69, 9.17) is 4.74 Å². The molecule has 6 heteroatoms. The zero-order valence-electron chi connectivity index (χ0n) is 21.1. The predicted octanol–water partition coefficient (Wildman–Crippen LogP) is 5.18. The van der Waals surface area contributed by atoms with E-state index < -0.39 is 0 Å². The molecule has 1 fully saturated rings. The van der Waals surface area contributed by atoms with Gasteiger partial charge in [-0.15, -0.1) is 0 Å². The van der Waals surface area contributed by atoms with Gasteiger partial charge in [-0.05, 0) is 61.9 Å². The number of hydrogen-bond acceptors (Lipinski definition) is 3. The van der Waals surface area contributed by atoms with E-state index in [1.807, 2.05) is 73.2 Å². The van der Waals surface area contributed by atoms with Crippen LogP contribution in [0.5, 0.6) is 5.75 Å². The fourth-order valence-electron chi connectivity index (χ4n) is 4.44. The Balaban J connectivity index is 1.51. The number of hydrogen-bond donors (Lipinski definition) is 1. The van der Waals surface area contributed by atoms with E-state index in [1.54, 1.807) is 0 Å². The molecule has 2 amide bonds. The molecule has 1 heterocycles. The number of carbonyl (C=O) groups excluding carboxylic acids is 2. The maximum Gasteiger partial charge on any atom is 0.242 e. The second-order valence-corrected chi connectivity index (χ2v) is 9.51. The van der Waals surface area contributed by atoms with Crippen LogP contribution in [0.3, 0.4) is 0 Å². The molecule has 4 rings (SSSR count). The summed E-state index contributed by atoms with van der Waals surface area (Å²) in [6.45, 7) is 7.80. The summed E-state index contributed by atoms with van der Waals surface area (Å²) in [5.74, 6) is 0.865. The number of fused-ring (bicyclic) bond motifs is 1. The smallest absolute Gasteiger partial charge is 0.242 e. The molecule has 0 spiro atoms. The highest BCUT2D eigenvalue weighted by Crippen LogP contribution is 2.29. The Labute approximate surface area is 208 Å². The first kappa shape index (κ1) is 24.8. The number of aromatic amines is 1. The van der Waals surface area contributed by atoms with Crippen molar-refractivity contribution in [3.8, 4) is 5.75 Å². The van der Waals surface area contributed by atoms with Gasteiger partial charge in [-0.25, -0.2) is 0 Å². The zero-order chi connectivity index (χ0) is 24.8. The highest BCUT2D eigenvalue weighted by atomic mass is 16.5. The van der Waals surface area contributed by atoms with Crippen LogP contribution in [0.1, 0.15) is 51.2 Å². The second-order valence-electron chi connectivity index (χ2n) is 9.51. The van der Waals surface area contributed by atoms with Gasteiger partial charge in [0.2, 0.25) is 11.8 Å². The Morgan fingerprint density at radius 3 is 2.51 bits per heavy atom. The topological polar surface area (TPSA) is 65.6 Å². The molecule has 3 aromatic rings. The van der Waals surface area contributed by atoms with Crippen LogP contribution >= 0.6 is 0 Å². The molecule has 1 aliphatic carbocycles. The standard InChI is InChI=1S/C29H37N3O3/c1-4-21(3)29(34)32(24-12-13-24)20-28(33)31(19-22-10-14-25(15-11-22)35-5-2)17-16-23-18-30-27-9-7-6-8-26(23)27/h6-11,14-15,18,21,24,30H,4-5,12-13,16-17,19-20H2,1-3H3. The Hall–Kier alpha value is -3.28. The SMILES string of the molecule is CCOc1ccc(CN(CCc2c[nH]c3ccccc23)C(=O)CN(C(=O)C(C)CC)C2CC2)cc1. The third kappa shape index (κ3) is 6.24. The molecule has 1 aliphatic rings. The second kappa shape index (κ2) is 11.4. The van der Waals surface area contributed by atoms with E-state index in [9.17, 15) is 9.59 Å². The zero-order valence-corrected chi connectivity index (χ0v) is 21.1. The number of nitrogens with one attached hydrogen (secondary N) is 1. The number of benzene rings is 2. The predicted molar refractivity (Wildman–Crippen MR) is 139 cm³/mol. The van der Waals surface area contributed by atoms with Crippen LogP contribution in [0, 0.1) is 5.92 Å². The average Bonchev–Trinajstić information content (AvgIpc) is 3.64. The first-order valence-electron chi connectivity index (χ1n) is 12.8. The first-order valence-corrected chi connectivity index (χ1v) is 12.8.